The van der Waals surface area contributed by atoms with E-state index >= 15 is 0 Å². The molecule has 6 heteroatoms. The molecule has 2 rings (SSSR count). The third-order valence-corrected chi connectivity index (χ3v) is 5.74. The van der Waals surface area contributed by atoms with E-state index in [2.05, 4.69) is 6.92 Å². The minimum Gasteiger partial charge on any atom is -0.450 e. The second kappa shape index (κ2) is 12.8. The number of hydrogen-bond donors (Lipinski definition) is 0. The molecule has 0 aliphatic heterocycles. The highest BCUT2D eigenvalue weighted by molar-refractivity contribution is 5.84. The minimum atomic E-state index is -4.67. The molecule has 178 valence electrons. The van der Waals surface area contributed by atoms with E-state index in [1.807, 2.05) is 49.4 Å². The van der Waals surface area contributed by atoms with Gasteiger partial charge in [-0.15, -0.1) is 0 Å². The Hall–Kier alpha value is -2.08. The summed E-state index contributed by atoms with van der Waals surface area (Å²) in [7, 11) is 0. The molecule has 2 atom stereocenters. The molecule has 0 radical (unpaired) electrons. The lowest BCUT2D eigenvalue weighted by Gasteiger charge is -2.32. The van der Waals surface area contributed by atoms with Crippen LogP contribution in [0.2, 0.25) is 0 Å². The SMILES string of the molecule is CCCCCCCC1(C(=O)OC(COCCC)C(F)(F)F)C=CC(c2ccccc2)=CC1. The van der Waals surface area contributed by atoms with Crippen molar-refractivity contribution in [2.45, 2.75) is 77.5 Å². The van der Waals surface area contributed by atoms with Crippen molar-refractivity contribution < 1.29 is 27.4 Å². The average molecular weight is 453 g/mol. The molecular formula is C26H35F3O3. The second-order valence-electron chi connectivity index (χ2n) is 8.39. The molecule has 1 aliphatic carbocycles. The van der Waals surface area contributed by atoms with Crippen LogP contribution in [-0.4, -0.2) is 31.5 Å². The number of rotatable bonds is 13. The van der Waals surface area contributed by atoms with Crippen molar-refractivity contribution >= 4 is 11.5 Å². The Morgan fingerprint density at radius 1 is 1.06 bits per heavy atom. The Balaban J connectivity index is 2.16. The average Bonchev–Trinajstić information content (AvgIpc) is 2.78. The van der Waals surface area contributed by atoms with Crippen molar-refractivity contribution in [1.29, 1.82) is 0 Å². The Labute approximate surface area is 189 Å². The van der Waals surface area contributed by atoms with Crippen molar-refractivity contribution in [3.05, 3.63) is 54.1 Å². The smallest absolute Gasteiger partial charge is 0.427 e. The molecule has 0 N–H and O–H groups in total. The normalized spacial score (nSPS) is 19.5. The predicted octanol–water partition coefficient (Wildman–Crippen LogP) is 7.28. The van der Waals surface area contributed by atoms with Gasteiger partial charge in [0.2, 0.25) is 6.10 Å². The molecule has 0 aromatic heterocycles. The van der Waals surface area contributed by atoms with Crippen LogP contribution >= 0.6 is 0 Å². The summed E-state index contributed by atoms with van der Waals surface area (Å²) in [6.45, 7) is 3.45. The zero-order valence-electron chi connectivity index (χ0n) is 19.1. The molecular weight excluding hydrogens is 417 g/mol. The van der Waals surface area contributed by atoms with Crippen LogP contribution in [0, 0.1) is 5.41 Å². The molecule has 0 heterocycles. The summed E-state index contributed by atoms with van der Waals surface area (Å²) in [6.07, 6.45) is 4.91. The molecule has 1 aromatic rings. The molecule has 0 fully saturated rings. The van der Waals surface area contributed by atoms with E-state index in [-0.39, 0.29) is 6.61 Å². The lowest BCUT2D eigenvalue weighted by Crippen LogP contribution is -2.42. The zero-order chi connectivity index (χ0) is 23.5. The molecule has 32 heavy (non-hydrogen) atoms. The van der Waals surface area contributed by atoms with Crippen LogP contribution in [0.25, 0.3) is 5.57 Å². The zero-order valence-corrected chi connectivity index (χ0v) is 19.1. The van der Waals surface area contributed by atoms with Gasteiger partial charge in [0, 0.05) is 6.61 Å². The second-order valence-corrected chi connectivity index (χ2v) is 8.39. The van der Waals surface area contributed by atoms with Crippen LogP contribution in [0.4, 0.5) is 13.2 Å². The van der Waals surface area contributed by atoms with E-state index in [0.717, 1.165) is 43.2 Å². The number of esters is 1. The van der Waals surface area contributed by atoms with Crippen LogP contribution in [0.15, 0.2) is 48.6 Å². The number of carbonyl (C=O) groups is 1. The number of carbonyl (C=O) groups excluding carboxylic acids is 1. The van der Waals surface area contributed by atoms with Gasteiger partial charge in [0.05, 0.1) is 12.0 Å². The van der Waals surface area contributed by atoms with Gasteiger partial charge in [0.15, 0.2) is 0 Å². The van der Waals surface area contributed by atoms with Gasteiger partial charge in [-0.1, -0.05) is 94.5 Å². The van der Waals surface area contributed by atoms with Gasteiger partial charge >= 0.3 is 12.1 Å². The molecule has 0 bridgehead atoms. The molecule has 0 saturated carbocycles. The first-order valence-corrected chi connectivity index (χ1v) is 11.6. The van der Waals surface area contributed by atoms with Crippen molar-refractivity contribution in [2.24, 2.45) is 5.41 Å². The van der Waals surface area contributed by atoms with Crippen LogP contribution in [0.5, 0.6) is 0 Å². The van der Waals surface area contributed by atoms with E-state index in [4.69, 9.17) is 9.47 Å². The fourth-order valence-electron chi connectivity index (χ4n) is 3.78. The fraction of sp³-hybridized carbons (Fsp3) is 0.577. The summed E-state index contributed by atoms with van der Waals surface area (Å²) in [5, 5.41) is 0. The quantitative estimate of drug-likeness (QED) is 0.233. The van der Waals surface area contributed by atoms with Crippen molar-refractivity contribution in [1.82, 2.24) is 0 Å². The molecule has 0 amide bonds. The highest BCUT2D eigenvalue weighted by Gasteiger charge is 2.47. The number of unbranched alkanes of at least 4 members (excludes halogenated alkanes) is 4. The predicted molar refractivity (Wildman–Crippen MR) is 121 cm³/mol. The first kappa shape index (κ1) is 26.2. The van der Waals surface area contributed by atoms with Gasteiger partial charge in [-0.25, -0.2) is 0 Å². The number of benzene rings is 1. The van der Waals surface area contributed by atoms with Crippen LogP contribution < -0.4 is 0 Å². The van der Waals surface area contributed by atoms with E-state index < -0.39 is 30.3 Å². The van der Waals surface area contributed by atoms with Gasteiger partial charge in [-0.3, -0.25) is 4.79 Å². The van der Waals surface area contributed by atoms with E-state index in [9.17, 15) is 18.0 Å². The lowest BCUT2D eigenvalue weighted by molar-refractivity contribution is -0.236. The van der Waals surface area contributed by atoms with Crippen molar-refractivity contribution in [3.8, 4) is 0 Å². The Morgan fingerprint density at radius 2 is 1.78 bits per heavy atom. The number of ether oxygens (including phenoxy) is 2. The molecule has 3 nitrogen and oxygen atoms in total. The van der Waals surface area contributed by atoms with Crippen molar-refractivity contribution in [3.63, 3.8) is 0 Å². The Bertz CT molecular complexity index is 755. The minimum absolute atomic E-state index is 0.190. The number of allylic oxidation sites excluding steroid dienone is 3. The molecule has 1 aromatic carbocycles. The highest BCUT2D eigenvalue weighted by atomic mass is 19.4. The van der Waals surface area contributed by atoms with Gasteiger partial charge in [-0.2, -0.15) is 13.2 Å². The summed E-state index contributed by atoms with van der Waals surface area (Å²) in [4.78, 5) is 13.1. The lowest BCUT2D eigenvalue weighted by atomic mass is 9.75. The third-order valence-electron chi connectivity index (χ3n) is 5.74. The summed E-state index contributed by atoms with van der Waals surface area (Å²) in [5.74, 6) is -0.824. The Morgan fingerprint density at radius 3 is 2.38 bits per heavy atom. The monoisotopic (exact) mass is 452 g/mol. The third kappa shape index (κ3) is 7.80. The van der Waals surface area contributed by atoms with E-state index in [1.165, 1.54) is 0 Å². The fourth-order valence-corrected chi connectivity index (χ4v) is 3.78. The van der Waals surface area contributed by atoms with Gasteiger partial charge in [-0.05, 0) is 30.4 Å². The number of alkyl halides is 3. The number of hydrogen-bond acceptors (Lipinski definition) is 3. The highest BCUT2D eigenvalue weighted by Crippen LogP contribution is 2.40. The first-order chi connectivity index (χ1) is 15.3. The summed E-state index contributed by atoms with van der Waals surface area (Å²) in [6, 6.07) is 9.72. The standard InChI is InChI=1S/C26H35F3O3/c1-3-5-6-7-11-16-25(17-14-22(15-18-25)21-12-9-8-10-13-21)24(30)32-23(26(27,28)29)20-31-19-4-2/h8-10,12-15,17,23H,3-7,11,16,18-20H2,1-2H3. The van der Waals surface area contributed by atoms with E-state index in [1.54, 1.807) is 6.08 Å². The van der Waals surface area contributed by atoms with Crippen LogP contribution in [0.3, 0.4) is 0 Å². The van der Waals surface area contributed by atoms with Gasteiger partial charge < -0.3 is 9.47 Å². The molecule has 2 unspecified atom stereocenters. The van der Waals surface area contributed by atoms with Crippen molar-refractivity contribution in [2.75, 3.05) is 13.2 Å². The Kier molecular flexibility index (Phi) is 10.5. The molecule has 0 saturated heterocycles. The maximum Gasteiger partial charge on any atom is 0.427 e. The van der Waals surface area contributed by atoms with Gasteiger partial charge in [0.1, 0.15) is 0 Å². The maximum atomic E-state index is 13.5. The number of halogens is 3. The molecule has 1 aliphatic rings. The summed E-state index contributed by atoms with van der Waals surface area (Å²) < 4.78 is 50.6. The maximum absolute atomic E-state index is 13.5. The largest absolute Gasteiger partial charge is 0.450 e. The summed E-state index contributed by atoms with van der Waals surface area (Å²) in [5.41, 5.74) is 0.882. The topological polar surface area (TPSA) is 35.5 Å². The van der Waals surface area contributed by atoms with E-state index in [0.29, 0.717) is 19.3 Å². The molecule has 0 spiro atoms. The summed E-state index contributed by atoms with van der Waals surface area (Å²) >= 11 is 0. The first-order valence-electron chi connectivity index (χ1n) is 11.6. The van der Waals surface area contributed by atoms with Crippen LogP contribution in [0.1, 0.15) is 70.8 Å². The van der Waals surface area contributed by atoms with Crippen LogP contribution in [-0.2, 0) is 14.3 Å². The van der Waals surface area contributed by atoms with Gasteiger partial charge in [0.25, 0.3) is 0 Å².